The monoisotopic (exact) mass is 469 g/mol. The predicted octanol–water partition coefficient (Wildman–Crippen LogP) is 5.26. The van der Waals surface area contributed by atoms with Gasteiger partial charge in [-0.2, -0.15) is 0 Å². The summed E-state index contributed by atoms with van der Waals surface area (Å²) in [7, 11) is 1.54. The minimum absolute atomic E-state index is 0.152. The molecule has 2 aromatic carbocycles. The Bertz CT molecular complexity index is 1340. The maximum Gasteiger partial charge on any atom is 0.275 e. The van der Waals surface area contributed by atoms with Gasteiger partial charge in [0.1, 0.15) is 17.6 Å². The molecule has 0 aliphatic rings. The summed E-state index contributed by atoms with van der Waals surface area (Å²) >= 11 is 11.9. The molecule has 0 atom stereocenters. The highest BCUT2D eigenvalue weighted by Crippen LogP contribution is 2.32. The number of rotatable bonds is 7. The van der Waals surface area contributed by atoms with E-state index in [2.05, 4.69) is 27.4 Å². The lowest BCUT2D eigenvalue weighted by atomic mass is 10.2. The molecule has 4 rings (SSSR count). The third-order valence-electron chi connectivity index (χ3n) is 4.52. The zero-order chi connectivity index (χ0) is 21.8. The second-order valence-corrected chi connectivity index (χ2v) is 8.08. The van der Waals surface area contributed by atoms with Gasteiger partial charge in [-0.1, -0.05) is 23.7 Å². The fourth-order valence-electron chi connectivity index (χ4n) is 3.02. The van der Waals surface area contributed by atoms with Gasteiger partial charge >= 0.3 is 0 Å². The smallest absolute Gasteiger partial charge is 0.275 e. The second kappa shape index (κ2) is 9.41. The molecule has 4 aromatic rings. The minimum atomic E-state index is -0.152. The molecule has 0 N–H and O–H groups in total. The van der Waals surface area contributed by atoms with Crippen molar-refractivity contribution in [2.75, 3.05) is 20.3 Å². The molecule has 0 aliphatic carbocycles. The number of hydrogen-bond donors (Lipinski definition) is 0. The molecule has 31 heavy (non-hydrogen) atoms. The van der Waals surface area contributed by atoms with Crippen molar-refractivity contribution in [3.63, 3.8) is 0 Å². The number of benzene rings is 2. The molecular formula is C22H16ClN3O3S2. The average Bonchev–Trinajstić information content (AvgIpc) is 3.23. The normalized spacial score (nSPS) is 10.6. The Morgan fingerprint density at radius 2 is 2.00 bits per heavy atom. The first-order valence-corrected chi connectivity index (χ1v) is 10.8. The van der Waals surface area contributed by atoms with E-state index in [9.17, 15) is 4.79 Å². The van der Waals surface area contributed by atoms with Crippen LogP contribution in [-0.2, 0) is 0 Å². The molecular weight excluding hydrogens is 454 g/mol. The average molecular weight is 470 g/mol. The van der Waals surface area contributed by atoms with Gasteiger partial charge < -0.3 is 9.47 Å². The van der Waals surface area contributed by atoms with Crippen LogP contribution in [0, 0.1) is 0 Å². The number of hydrogen-bond acceptors (Lipinski definition) is 7. The maximum atomic E-state index is 13.2. The highest BCUT2D eigenvalue weighted by molar-refractivity contribution is 7.78. The fourth-order valence-corrected chi connectivity index (χ4v) is 4.29. The van der Waals surface area contributed by atoms with Gasteiger partial charge in [0.15, 0.2) is 11.5 Å². The molecule has 0 amide bonds. The Morgan fingerprint density at radius 3 is 2.74 bits per heavy atom. The van der Waals surface area contributed by atoms with Gasteiger partial charge in [-0.3, -0.25) is 9.36 Å². The van der Waals surface area contributed by atoms with Crippen LogP contribution < -0.4 is 15.0 Å². The van der Waals surface area contributed by atoms with Crippen LogP contribution >= 0.6 is 35.2 Å². The second-order valence-electron chi connectivity index (χ2n) is 6.41. The van der Waals surface area contributed by atoms with E-state index in [0.717, 1.165) is 10.4 Å². The van der Waals surface area contributed by atoms with E-state index in [1.807, 2.05) is 30.3 Å². The molecule has 156 valence electrons. The first-order chi connectivity index (χ1) is 15.1. The van der Waals surface area contributed by atoms with E-state index in [0.29, 0.717) is 45.6 Å². The van der Waals surface area contributed by atoms with Crippen LogP contribution in [0.2, 0.25) is 5.02 Å². The van der Waals surface area contributed by atoms with Crippen LogP contribution in [0.25, 0.3) is 26.3 Å². The first-order valence-electron chi connectivity index (χ1n) is 9.22. The van der Waals surface area contributed by atoms with Gasteiger partial charge in [0.05, 0.1) is 30.0 Å². The number of thiophene rings is 1. The fraction of sp³-hybridized carbons (Fsp3) is 0.136. The van der Waals surface area contributed by atoms with Crippen molar-refractivity contribution in [2.24, 2.45) is 4.99 Å². The number of isothiocyanates is 1. The molecule has 0 bridgehead atoms. The molecule has 9 heteroatoms. The number of nitrogens with zero attached hydrogens (tertiary/aromatic N) is 3. The van der Waals surface area contributed by atoms with Crippen molar-refractivity contribution in [2.45, 2.75) is 0 Å². The number of fused-ring (bicyclic) bond motifs is 1. The highest BCUT2D eigenvalue weighted by atomic mass is 35.5. The van der Waals surface area contributed by atoms with Crippen molar-refractivity contribution in [1.82, 2.24) is 9.55 Å². The molecule has 0 aliphatic heterocycles. The Hall–Kier alpha value is -3.03. The zero-order valence-electron chi connectivity index (χ0n) is 16.4. The summed E-state index contributed by atoms with van der Waals surface area (Å²) in [5.41, 5.74) is 2.12. The Labute approximate surface area is 192 Å². The van der Waals surface area contributed by atoms with Crippen LogP contribution in [0.3, 0.4) is 0 Å². The van der Waals surface area contributed by atoms with Crippen molar-refractivity contribution in [3.8, 4) is 27.6 Å². The van der Waals surface area contributed by atoms with Gasteiger partial charge in [-0.05, 0) is 48.1 Å². The van der Waals surface area contributed by atoms with E-state index < -0.39 is 0 Å². The summed E-state index contributed by atoms with van der Waals surface area (Å²) < 4.78 is 13.2. The van der Waals surface area contributed by atoms with Crippen molar-refractivity contribution < 1.29 is 9.47 Å². The summed E-state index contributed by atoms with van der Waals surface area (Å²) in [6, 6.07) is 14.7. The van der Waals surface area contributed by atoms with Crippen molar-refractivity contribution in [3.05, 3.63) is 70.2 Å². The largest absolute Gasteiger partial charge is 0.493 e. The summed E-state index contributed by atoms with van der Waals surface area (Å²) in [5, 5.41) is 2.96. The van der Waals surface area contributed by atoms with Gasteiger partial charge in [0, 0.05) is 16.0 Å². The Kier molecular flexibility index (Phi) is 6.44. The number of methoxy groups -OCH3 is 1. The quantitative estimate of drug-likeness (QED) is 0.210. The molecule has 0 fully saturated rings. The predicted molar refractivity (Wildman–Crippen MR) is 128 cm³/mol. The Morgan fingerprint density at radius 1 is 1.19 bits per heavy atom. The van der Waals surface area contributed by atoms with Crippen LogP contribution in [0.5, 0.6) is 11.5 Å². The van der Waals surface area contributed by atoms with Gasteiger partial charge in [0.25, 0.3) is 5.56 Å². The van der Waals surface area contributed by atoms with Crippen LogP contribution in [0.4, 0.5) is 0 Å². The van der Waals surface area contributed by atoms with Gasteiger partial charge in [0.2, 0.25) is 0 Å². The standard InChI is InChI=1S/C22H16ClN3O3S2/c1-28-19-10-16(6-7-18(19)29-9-8-24-13-30)26-12-25-17-11-20(31-21(17)22(26)27)14-2-4-15(23)5-3-14/h2-7,10-12H,8-9H2,1H3. The summed E-state index contributed by atoms with van der Waals surface area (Å²) in [5.74, 6) is 1.05. The van der Waals surface area contributed by atoms with Crippen molar-refractivity contribution >= 4 is 50.5 Å². The number of ether oxygens (including phenoxy) is 2. The summed E-state index contributed by atoms with van der Waals surface area (Å²) in [6.07, 6.45) is 1.52. The SMILES string of the molecule is COc1cc(-n2cnc3cc(-c4ccc(Cl)cc4)sc3c2=O)ccc1OCCN=C=S. The lowest BCUT2D eigenvalue weighted by molar-refractivity contribution is 0.303. The van der Waals surface area contributed by atoms with Crippen LogP contribution in [0.15, 0.2) is 64.6 Å². The maximum absolute atomic E-state index is 13.2. The molecule has 0 saturated carbocycles. The highest BCUT2D eigenvalue weighted by Gasteiger charge is 2.13. The number of halogens is 1. The number of thiocarbonyl (C=S) groups is 1. The zero-order valence-corrected chi connectivity index (χ0v) is 18.8. The van der Waals surface area contributed by atoms with Crippen LogP contribution in [-0.4, -0.2) is 35.0 Å². The molecule has 6 nitrogen and oxygen atoms in total. The van der Waals surface area contributed by atoms with Crippen LogP contribution in [0.1, 0.15) is 0 Å². The molecule has 0 saturated heterocycles. The van der Waals surface area contributed by atoms with E-state index in [4.69, 9.17) is 21.1 Å². The molecule has 2 aromatic heterocycles. The van der Waals surface area contributed by atoms with E-state index >= 15 is 0 Å². The van der Waals surface area contributed by atoms with E-state index in [1.54, 1.807) is 25.3 Å². The third-order valence-corrected chi connectivity index (χ3v) is 6.06. The van der Waals surface area contributed by atoms with Gasteiger partial charge in [-0.25, -0.2) is 9.98 Å². The first kappa shape index (κ1) is 21.2. The van der Waals surface area contributed by atoms with Gasteiger partial charge in [-0.15, -0.1) is 11.3 Å². The molecule has 0 unspecified atom stereocenters. The number of aromatic nitrogens is 2. The molecule has 0 radical (unpaired) electrons. The summed E-state index contributed by atoms with van der Waals surface area (Å²) in [6.45, 7) is 0.748. The van der Waals surface area contributed by atoms with E-state index in [-0.39, 0.29) is 5.56 Å². The molecule has 0 spiro atoms. The third kappa shape index (κ3) is 4.52. The summed E-state index contributed by atoms with van der Waals surface area (Å²) in [4.78, 5) is 22.4. The van der Waals surface area contributed by atoms with Crippen molar-refractivity contribution in [1.29, 1.82) is 0 Å². The topological polar surface area (TPSA) is 65.7 Å². The minimum Gasteiger partial charge on any atom is -0.493 e. The number of aliphatic imine (C=N–C) groups is 1. The Balaban J connectivity index is 1.69. The van der Waals surface area contributed by atoms with E-state index in [1.165, 1.54) is 22.2 Å². The molecule has 2 heterocycles. The lowest BCUT2D eigenvalue weighted by Gasteiger charge is -2.12. The lowest BCUT2D eigenvalue weighted by Crippen LogP contribution is -2.17.